The van der Waals surface area contributed by atoms with Gasteiger partial charge < -0.3 is 15.2 Å². The summed E-state index contributed by atoms with van der Waals surface area (Å²) >= 11 is 0. The lowest BCUT2D eigenvalue weighted by Crippen LogP contribution is -2.55. The minimum absolute atomic E-state index is 0.0850. The monoisotopic (exact) mass is 381 g/mol. The van der Waals surface area contributed by atoms with Gasteiger partial charge in [0.1, 0.15) is 17.2 Å². The fourth-order valence-electron chi connectivity index (χ4n) is 3.52. The maximum atomic E-state index is 13.1. The summed E-state index contributed by atoms with van der Waals surface area (Å²) in [6, 6.07) is 14.9. The van der Waals surface area contributed by atoms with Crippen molar-refractivity contribution >= 4 is 11.5 Å². The Balaban J connectivity index is 1.93. The van der Waals surface area contributed by atoms with E-state index in [2.05, 4.69) is 5.32 Å². The van der Waals surface area contributed by atoms with Gasteiger partial charge in [0.2, 0.25) is 5.91 Å². The summed E-state index contributed by atoms with van der Waals surface area (Å²) in [7, 11) is 1.51. The van der Waals surface area contributed by atoms with E-state index in [1.165, 1.54) is 19.2 Å². The predicted octanol–water partition coefficient (Wildman–Crippen LogP) is 4.19. The third-order valence-electron chi connectivity index (χ3n) is 5.19. The van der Waals surface area contributed by atoms with Gasteiger partial charge in [-0.3, -0.25) is 4.79 Å². The quantitative estimate of drug-likeness (QED) is 0.817. The number of aliphatic hydroxyl groups excluding tert-OH is 1. The Morgan fingerprint density at radius 2 is 1.82 bits per heavy atom. The number of allylic oxidation sites excluding steroid dienone is 2. The molecule has 2 unspecified atom stereocenters. The number of halogens is 1. The Bertz CT molecular complexity index is 919. The molecule has 0 aliphatic heterocycles. The van der Waals surface area contributed by atoms with Gasteiger partial charge in [0.15, 0.2) is 0 Å². The third-order valence-corrected chi connectivity index (χ3v) is 5.19. The van der Waals surface area contributed by atoms with Crippen LogP contribution in [-0.4, -0.2) is 29.8 Å². The number of hydrogen-bond donors (Lipinski definition) is 2. The second-order valence-corrected chi connectivity index (χ2v) is 7.11. The highest BCUT2D eigenvalue weighted by Crippen LogP contribution is 2.38. The van der Waals surface area contributed by atoms with E-state index in [-0.39, 0.29) is 23.9 Å². The number of carbonyl (C=O) groups is 1. The zero-order chi connectivity index (χ0) is 20.3. The average molecular weight is 381 g/mol. The van der Waals surface area contributed by atoms with E-state index in [0.29, 0.717) is 11.1 Å². The average Bonchev–Trinajstić information content (AvgIpc) is 2.70. The first kappa shape index (κ1) is 19.8. The smallest absolute Gasteiger partial charge is 0.225 e. The minimum Gasteiger partial charge on any atom is -0.509 e. The lowest BCUT2D eigenvalue weighted by Gasteiger charge is -2.41. The van der Waals surface area contributed by atoms with Crippen molar-refractivity contribution in [2.45, 2.75) is 31.9 Å². The van der Waals surface area contributed by atoms with Crippen LogP contribution in [-0.2, 0) is 16.0 Å². The van der Waals surface area contributed by atoms with Crippen molar-refractivity contribution in [2.75, 3.05) is 7.11 Å². The summed E-state index contributed by atoms with van der Waals surface area (Å²) in [5.74, 6) is -0.501. The number of methoxy groups -OCH3 is 1. The highest BCUT2D eigenvalue weighted by atomic mass is 19.1. The lowest BCUT2D eigenvalue weighted by molar-refractivity contribution is -0.122. The van der Waals surface area contributed by atoms with Crippen LogP contribution >= 0.6 is 0 Å². The molecule has 1 aliphatic carbocycles. The molecule has 2 N–H and O–H groups in total. The molecule has 2 atom stereocenters. The Hall–Kier alpha value is -2.92. The van der Waals surface area contributed by atoms with Crippen LogP contribution in [0.25, 0.3) is 5.57 Å². The van der Waals surface area contributed by atoms with Crippen LogP contribution < -0.4 is 5.32 Å². The Morgan fingerprint density at radius 1 is 1.18 bits per heavy atom. The molecule has 3 rings (SSSR count). The summed E-state index contributed by atoms with van der Waals surface area (Å²) < 4.78 is 18.8. The van der Waals surface area contributed by atoms with Crippen molar-refractivity contribution in [3.8, 4) is 0 Å². The van der Waals surface area contributed by atoms with Gasteiger partial charge >= 0.3 is 0 Å². The van der Waals surface area contributed by atoms with Crippen LogP contribution in [0, 0.1) is 5.82 Å². The molecule has 0 saturated carbocycles. The summed E-state index contributed by atoms with van der Waals surface area (Å²) in [5.41, 5.74) is 2.07. The van der Waals surface area contributed by atoms with E-state index in [1.807, 2.05) is 43.3 Å². The van der Waals surface area contributed by atoms with Crippen LogP contribution in [0.3, 0.4) is 0 Å². The summed E-state index contributed by atoms with van der Waals surface area (Å²) in [6.45, 7) is 3.57. The SMILES string of the molecule is COC1(C)C(O)=C(C)C=C(c2ccccc2)C1NC(=O)Cc1ccc(F)cc1. The van der Waals surface area contributed by atoms with E-state index >= 15 is 0 Å². The van der Waals surface area contributed by atoms with Gasteiger partial charge in [0, 0.05) is 7.11 Å². The number of benzene rings is 2. The first-order chi connectivity index (χ1) is 13.3. The number of nitrogens with one attached hydrogen (secondary N) is 1. The second-order valence-electron chi connectivity index (χ2n) is 7.11. The van der Waals surface area contributed by atoms with Crippen molar-refractivity contribution in [1.82, 2.24) is 5.32 Å². The first-order valence-electron chi connectivity index (χ1n) is 9.11. The third kappa shape index (κ3) is 3.85. The molecule has 0 aromatic heterocycles. The molecule has 2 aromatic carbocycles. The standard InChI is InChI=1S/C23H24FNO3/c1-15-13-19(17-7-5-4-6-8-17)21(23(2,28-3)22(15)27)25-20(26)14-16-9-11-18(24)12-10-16/h4-13,21,27H,14H2,1-3H3,(H,25,26). The largest absolute Gasteiger partial charge is 0.509 e. The van der Waals surface area contributed by atoms with Crippen molar-refractivity contribution in [2.24, 2.45) is 0 Å². The van der Waals surface area contributed by atoms with E-state index < -0.39 is 11.6 Å². The van der Waals surface area contributed by atoms with Crippen molar-refractivity contribution in [1.29, 1.82) is 0 Å². The molecule has 0 radical (unpaired) electrons. The van der Waals surface area contributed by atoms with E-state index in [9.17, 15) is 14.3 Å². The zero-order valence-electron chi connectivity index (χ0n) is 16.2. The number of amides is 1. The molecule has 1 aliphatic rings. The van der Waals surface area contributed by atoms with Gasteiger partial charge in [0.25, 0.3) is 0 Å². The van der Waals surface area contributed by atoms with E-state index in [1.54, 1.807) is 19.1 Å². The molecule has 2 aromatic rings. The van der Waals surface area contributed by atoms with E-state index in [0.717, 1.165) is 11.1 Å². The van der Waals surface area contributed by atoms with Gasteiger partial charge in [-0.2, -0.15) is 0 Å². The number of carbonyl (C=O) groups excluding carboxylic acids is 1. The number of hydrogen-bond acceptors (Lipinski definition) is 3. The minimum atomic E-state index is -1.11. The molecule has 0 bridgehead atoms. The molecular formula is C23H24FNO3. The molecule has 0 saturated heterocycles. The maximum absolute atomic E-state index is 13.1. The Labute approximate surface area is 164 Å². The van der Waals surface area contributed by atoms with Crippen LogP contribution in [0.5, 0.6) is 0 Å². The molecule has 0 fully saturated rings. The number of aliphatic hydroxyl groups is 1. The molecule has 1 amide bonds. The normalized spacial score (nSPS) is 22.0. The molecule has 4 nitrogen and oxygen atoms in total. The fraction of sp³-hybridized carbons (Fsp3) is 0.261. The maximum Gasteiger partial charge on any atom is 0.225 e. The van der Waals surface area contributed by atoms with Gasteiger partial charge in [-0.25, -0.2) is 4.39 Å². The molecule has 5 heteroatoms. The second kappa shape index (κ2) is 7.98. The van der Waals surface area contributed by atoms with Crippen molar-refractivity contribution in [3.63, 3.8) is 0 Å². The van der Waals surface area contributed by atoms with Gasteiger partial charge in [-0.1, -0.05) is 42.5 Å². The van der Waals surface area contributed by atoms with Crippen LogP contribution in [0.15, 0.2) is 72.0 Å². The van der Waals surface area contributed by atoms with Crippen LogP contribution in [0.2, 0.25) is 0 Å². The van der Waals surface area contributed by atoms with Crippen LogP contribution in [0.1, 0.15) is 25.0 Å². The molecule has 28 heavy (non-hydrogen) atoms. The summed E-state index contributed by atoms with van der Waals surface area (Å²) in [5, 5.41) is 13.7. The Morgan fingerprint density at radius 3 is 2.43 bits per heavy atom. The van der Waals surface area contributed by atoms with E-state index in [4.69, 9.17) is 4.74 Å². The fourth-order valence-corrected chi connectivity index (χ4v) is 3.52. The molecule has 0 heterocycles. The molecule has 0 spiro atoms. The predicted molar refractivity (Wildman–Crippen MR) is 107 cm³/mol. The summed E-state index contributed by atoms with van der Waals surface area (Å²) in [4.78, 5) is 12.7. The highest BCUT2D eigenvalue weighted by Gasteiger charge is 2.45. The topological polar surface area (TPSA) is 58.6 Å². The highest BCUT2D eigenvalue weighted by molar-refractivity contribution is 5.84. The molecule has 146 valence electrons. The Kier molecular flexibility index (Phi) is 5.66. The molecular weight excluding hydrogens is 357 g/mol. The number of ether oxygens (including phenoxy) is 1. The van der Waals surface area contributed by atoms with Gasteiger partial charge in [-0.15, -0.1) is 0 Å². The van der Waals surface area contributed by atoms with Crippen LogP contribution in [0.4, 0.5) is 4.39 Å². The lowest BCUT2D eigenvalue weighted by atomic mass is 9.78. The summed E-state index contributed by atoms with van der Waals surface area (Å²) in [6.07, 6.45) is 1.97. The van der Waals surface area contributed by atoms with Crippen molar-refractivity contribution in [3.05, 3.63) is 88.9 Å². The van der Waals surface area contributed by atoms with Gasteiger partial charge in [-0.05, 0) is 54.3 Å². The zero-order valence-corrected chi connectivity index (χ0v) is 16.2. The first-order valence-corrected chi connectivity index (χ1v) is 9.11. The number of rotatable bonds is 5. The van der Waals surface area contributed by atoms with Gasteiger partial charge in [0.05, 0.1) is 12.5 Å². The van der Waals surface area contributed by atoms with Crippen molar-refractivity contribution < 1.29 is 19.0 Å².